The van der Waals surface area contributed by atoms with Crippen molar-refractivity contribution < 1.29 is 4.42 Å². The van der Waals surface area contributed by atoms with E-state index in [4.69, 9.17) is 4.42 Å². The number of fused-ring (bicyclic) bond motifs is 13. The highest BCUT2D eigenvalue weighted by molar-refractivity contribution is 6.20. The van der Waals surface area contributed by atoms with Crippen molar-refractivity contribution in [2.45, 2.75) is 12.0 Å². The average molecular weight is 701 g/mol. The van der Waals surface area contributed by atoms with Crippen LogP contribution in [0.4, 0.5) is 11.4 Å². The first-order chi connectivity index (χ1) is 27.3. The summed E-state index contributed by atoms with van der Waals surface area (Å²) in [7, 11) is 0. The third kappa shape index (κ3) is 3.94. The van der Waals surface area contributed by atoms with Crippen LogP contribution in [0.2, 0.25) is 0 Å². The van der Waals surface area contributed by atoms with Crippen molar-refractivity contribution in [1.29, 1.82) is 0 Å². The first-order valence-electron chi connectivity index (χ1n) is 19.2. The standard InChI is InChI=1S/C52H32N2O/c1-2-11-31(12-3-1)33-15-8-16-34(27-33)54-46-26-25-45-51(52(46)43-29-42-37-17-5-7-22-48(37)55-49(42)30-47(43)54)40-18-4-6-21-44(40)53(45)35-23-24-36-38-19-9-13-32-14-10-20-39(50(32)38)41(36)28-35/h1-30,40,44H. The number of anilines is 2. The number of aromatic nitrogens is 1. The molecule has 0 radical (unpaired) electrons. The second-order valence-electron chi connectivity index (χ2n) is 15.2. The van der Waals surface area contributed by atoms with E-state index in [1.54, 1.807) is 0 Å². The van der Waals surface area contributed by atoms with Crippen LogP contribution in [0.3, 0.4) is 0 Å². The Balaban J connectivity index is 1.09. The fraction of sp³-hybridized carbons (Fsp3) is 0.0385. The molecular weight excluding hydrogens is 669 g/mol. The average Bonchev–Trinajstić information content (AvgIpc) is 3.97. The van der Waals surface area contributed by atoms with Gasteiger partial charge in [0.05, 0.1) is 17.1 Å². The van der Waals surface area contributed by atoms with Crippen LogP contribution in [0.15, 0.2) is 186 Å². The molecule has 3 heterocycles. The number of rotatable bonds is 3. The molecule has 2 aromatic heterocycles. The summed E-state index contributed by atoms with van der Waals surface area (Å²) in [4.78, 5) is 2.59. The highest BCUT2D eigenvalue weighted by Gasteiger charge is 2.40. The Bertz CT molecular complexity index is 3340. The molecule has 3 heteroatoms. The third-order valence-electron chi connectivity index (χ3n) is 12.4. The molecule has 8 aromatic carbocycles. The molecule has 3 aliphatic rings. The van der Waals surface area contributed by atoms with Crippen LogP contribution >= 0.6 is 0 Å². The van der Waals surface area contributed by atoms with Crippen molar-refractivity contribution in [1.82, 2.24) is 4.57 Å². The highest BCUT2D eigenvalue weighted by Crippen LogP contribution is 2.55. The lowest BCUT2D eigenvalue weighted by Gasteiger charge is -2.29. The summed E-state index contributed by atoms with van der Waals surface area (Å²) >= 11 is 0. The van der Waals surface area contributed by atoms with E-state index in [1.807, 2.05) is 0 Å². The molecule has 0 spiro atoms. The summed E-state index contributed by atoms with van der Waals surface area (Å²) in [5, 5.41) is 7.51. The summed E-state index contributed by atoms with van der Waals surface area (Å²) in [6, 6.07) is 58.1. The molecule has 256 valence electrons. The lowest BCUT2D eigenvalue weighted by atomic mass is 9.88. The van der Waals surface area contributed by atoms with E-state index >= 15 is 0 Å². The van der Waals surface area contributed by atoms with Crippen molar-refractivity contribution in [2.24, 2.45) is 0 Å². The molecule has 13 rings (SSSR count). The predicted octanol–water partition coefficient (Wildman–Crippen LogP) is 13.9. The van der Waals surface area contributed by atoms with Gasteiger partial charge in [-0.05, 0) is 98.2 Å². The fourth-order valence-electron chi connectivity index (χ4n) is 10.1. The molecule has 2 aliphatic carbocycles. The second-order valence-corrected chi connectivity index (χ2v) is 15.2. The minimum Gasteiger partial charge on any atom is -0.456 e. The van der Waals surface area contributed by atoms with Crippen LogP contribution in [0.5, 0.6) is 0 Å². The van der Waals surface area contributed by atoms with E-state index in [9.17, 15) is 0 Å². The Morgan fingerprint density at radius 3 is 2.16 bits per heavy atom. The molecular formula is C52H32N2O. The Hall–Kier alpha value is -7.10. The maximum Gasteiger partial charge on any atom is 0.137 e. The van der Waals surface area contributed by atoms with Gasteiger partial charge in [0.15, 0.2) is 0 Å². The Morgan fingerprint density at radius 1 is 0.455 bits per heavy atom. The summed E-state index contributed by atoms with van der Waals surface area (Å²) in [5.74, 6) is 0.184. The van der Waals surface area contributed by atoms with Crippen LogP contribution in [0.1, 0.15) is 11.5 Å². The Kier molecular flexibility index (Phi) is 5.74. The quantitative estimate of drug-likeness (QED) is 0.183. The van der Waals surface area contributed by atoms with Gasteiger partial charge in [0.2, 0.25) is 0 Å². The lowest BCUT2D eigenvalue weighted by molar-refractivity contribution is 0.669. The molecule has 0 bridgehead atoms. The monoisotopic (exact) mass is 700 g/mol. The highest BCUT2D eigenvalue weighted by atomic mass is 16.3. The maximum absolute atomic E-state index is 6.53. The summed E-state index contributed by atoms with van der Waals surface area (Å²) < 4.78 is 8.99. The normalized spacial score (nSPS) is 16.5. The number of furan rings is 1. The first kappa shape index (κ1) is 29.4. The zero-order valence-electron chi connectivity index (χ0n) is 29.8. The smallest absolute Gasteiger partial charge is 0.137 e. The molecule has 0 fully saturated rings. The van der Waals surface area contributed by atoms with Crippen LogP contribution in [-0.4, -0.2) is 10.6 Å². The van der Waals surface area contributed by atoms with Gasteiger partial charge < -0.3 is 13.9 Å². The second kappa shape index (κ2) is 10.7. The number of hydrogen-bond donors (Lipinski definition) is 0. The third-order valence-corrected chi connectivity index (χ3v) is 12.4. The van der Waals surface area contributed by atoms with Crippen molar-refractivity contribution in [3.8, 4) is 39.1 Å². The van der Waals surface area contributed by atoms with Gasteiger partial charge >= 0.3 is 0 Å². The molecule has 10 aromatic rings. The molecule has 0 N–H and O–H groups in total. The SMILES string of the molecule is C1=CC2c3c(ccc4c3c3cc5c(cc3n4-c3cccc(-c4ccccc4)c3)oc3ccccc35)N(c3ccc4c(c3)-c3cccc5cccc-4c35)C2C=C1. The topological polar surface area (TPSA) is 21.3 Å². The van der Waals surface area contributed by atoms with Gasteiger partial charge in [0.1, 0.15) is 11.2 Å². The van der Waals surface area contributed by atoms with Crippen molar-refractivity contribution in [3.63, 3.8) is 0 Å². The largest absolute Gasteiger partial charge is 0.456 e. The molecule has 1 aliphatic heterocycles. The molecule has 0 saturated carbocycles. The minimum absolute atomic E-state index is 0.154. The van der Waals surface area contributed by atoms with Gasteiger partial charge in [-0.1, -0.05) is 127 Å². The van der Waals surface area contributed by atoms with E-state index < -0.39 is 0 Å². The molecule has 55 heavy (non-hydrogen) atoms. The number of nitrogens with zero attached hydrogens (tertiary/aromatic N) is 2. The van der Waals surface area contributed by atoms with E-state index in [0.29, 0.717) is 0 Å². The number of para-hydroxylation sites is 1. The summed E-state index contributed by atoms with van der Waals surface area (Å²) in [5.41, 5.74) is 16.9. The van der Waals surface area contributed by atoms with E-state index in [-0.39, 0.29) is 12.0 Å². The van der Waals surface area contributed by atoms with Crippen molar-refractivity contribution in [3.05, 3.63) is 188 Å². The maximum atomic E-state index is 6.53. The number of benzene rings is 8. The Morgan fingerprint density at radius 2 is 1.25 bits per heavy atom. The van der Waals surface area contributed by atoms with Gasteiger partial charge in [-0.3, -0.25) is 0 Å². The summed E-state index contributed by atoms with van der Waals surface area (Å²) in [6.07, 6.45) is 9.26. The molecule has 2 atom stereocenters. The van der Waals surface area contributed by atoms with E-state index in [1.165, 1.54) is 77.4 Å². The van der Waals surface area contributed by atoms with Gasteiger partial charge in [-0.15, -0.1) is 0 Å². The lowest BCUT2D eigenvalue weighted by Crippen LogP contribution is -2.28. The molecule has 2 unspecified atom stereocenters. The first-order valence-corrected chi connectivity index (χ1v) is 19.2. The van der Waals surface area contributed by atoms with Crippen molar-refractivity contribution in [2.75, 3.05) is 4.90 Å². The van der Waals surface area contributed by atoms with Crippen LogP contribution < -0.4 is 4.90 Å². The number of allylic oxidation sites excluding steroid dienone is 2. The molecule has 3 nitrogen and oxygen atoms in total. The summed E-state index contributed by atoms with van der Waals surface area (Å²) in [6.45, 7) is 0. The molecule has 0 saturated heterocycles. The van der Waals surface area contributed by atoms with Crippen LogP contribution in [-0.2, 0) is 0 Å². The predicted molar refractivity (Wildman–Crippen MR) is 229 cm³/mol. The zero-order chi connectivity index (χ0) is 35.8. The fourth-order valence-corrected chi connectivity index (χ4v) is 10.1. The number of hydrogen-bond acceptors (Lipinski definition) is 2. The minimum atomic E-state index is 0.154. The van der Waals surface area contributed by atoms with Gasteiger partial charge in [-0.2, -0.15) is 0 Å². The van der Waals surface area contributed by atoms with Gasteiger partial charge in [-0.25, -0.2) is 0 Å². The van der Waals surface area contributed by atoms with E-state index in [2.05, 4.69) is 191 Å². The zero-order valence-corrected chi connectivity index (χ0v) is 29.8. The van der Waals surface area contributed by atoms with E-state index in [0.717, 1.165) is 33.1 Å². The molecule has 0 amide bonds. The van der Waals surface area contributed by atoms with Crippen molar-refractivity contribution >= 4 is 65.9 Å². The van der Waals surface area contributed by atoms with Gasteiger partial charge in [0, 0.05) is 50.6 Å². The van der Waals surface area contributed by atoms with Crippen LogP contribution in [0, 0.1) is 0 Å². The Labute approximate surface area is 317 Å². The van der Waals surface area contributed by atoms with Gasteiger partial charge in [0.25, 0.3) is 0 Å². The van der Waals surface area contributed by atoms with Crippen LogP contribution in [0.25, 0.3) is 93.6 Å².